The van der Waals surface area contributed by atoms with Crippen LogP contribution in [0, 0.1) is 0 Å². The van der Waals surface area contributed by atoms with Gasteiger partial charge < -0.3 is 5.11 Å². The highest BCUT2D eigenvalue weighted by molar-refractivity contribution is 5.73. The Kier molecular flexibility index (Phi) is 9.68. The van der Waals surface area contributed by atoms with E-state index in [1.165, 1.54) is 5.57 Å². The Bertz CT molecular complexity index is 227. The molecule has 0 heterocycles. The maximum absolute atomic E-state index is 9.89. The normalized spacial score (nSPS) is 8.21. The van der Waals surface area contributed by atoms with Crippen molar-refractivity contribution in [3.05, 3.63) is 22.3 Å². The lowest BCUT2D eigenvalue weighted by molar-refractivity contribution is -0.104. The summed E-state index contributed by atoms with van der Waals surface area (Å²) in [4.78, 5) is 9.89. The first-order valence-electron chi connectivity index (χ1n) is 4.69. The highest BCUT2D eigenvalue weighted by atomic mass is 16.3. The first kappa shape index (κ1) is 15.6. The van der Waals surface area contributed by atoms with Crippen LogP contribution in [0.5, 0.6) is 0 Å². The van der Waals surface area contributed by atoms with E-state index < -0.39 is 0 Å². The zero-order chi connectivity index (χ0) is 11.7. The van der Waals surface area contributed by atoms with Crippen LogP contribution in [0.4, 0.5) is 0 Å². The van der Waals surface area contributed by atoms with Crippen LogP contribution in [0.15, 0.2) is 22.3 Å². The standard InChI is InChI=1S/C6H12O.C6H10O/c2*1-5(2)6(3)4-7/h7H,4H2,1-3H3;4H,1-3H3. The van der Waals surface area contributed by atoms with E-state index in [4.69, 9.17) is 5.11 Å². The average molecular weight is 198 g/mol. The van der Waals surface area contributed by atoms with Gasteiger partial charge in [0.25, 0.3) is 0 Å². The molecule has 0 aliphatic carbocycles. The molecule has 2 nitrogen and oxygen atoms in total. The van der Waals surface area contributed by atoms with Crippen LogP contribution in [0.25, 0.3) is 0 Å². The topological polar surface area (TPSA) is 37.3 Å². The molecule has 0 aliphatic rings. The zero-order valence-electron chi connectivity index (χ0n) is 10.1. The summed E-state index contributed by atoms with van der Waals surface area (Å²) < 4.78 is 0. The summed E-state index contributed by atoms with van der Waals surface area (Å²) in [6.45, 7) is 11.8. The third-order valence-corrected chi connectivity index (χ3v) is 2.06. The second kappa shape index (κ2) is 8.70. The predicted molar refractivity (Wildman–Crippen MR) is 61.2 cm³/mol. The van der Waals surface area contributed by atoms with Gasteiger partial charge in [-0.3, -0.25) is 4.79 Å². The summed E-state index contributed by atoms with van der Waals surface area (Å²) in [6.07, 6.45) is 0.870. The fraction of sp³-hybridized carbons (Fsp3) is 0.583. The maximum atomic E-state index is 9.89. The van der Waals surface area contributed by atoms with E-state index in [0.29, 0.717) is 0 Å². The number of hydrogen-bond donors (Lipinski definition) is 1. The van der Waals surface area contributed by atoms with Gasteiger partial charge in [0.05, 0.1) is 6.61 Å². The number of aliphatic hydroxyl groups excluding tert-OH is 1. The Labute approximate surface area is 87.3 Å². The predicted octanol–water partition coefficient (Wildman–Crippen LogP) is 2.88. The van der Waals surface area contributed by atoms with Crippen molar-refractivity contribution in [2.75, 3.05) is 6.61 Å². The number of carbonyl (C=O) groups excluding carboxylic acids is 1. The molecule has 0 amide bonds. The minimum Gasteiger partial charge on any atom is -0.392 e. The zero-order valence-corrected chi connectivity index (χ0v) is 10.1. The quantitative estimate of drug-likeness (QED) is 0.421. The third kappa shape index (κ3) is 9.20. The van der Waals surface area contributed by atoms with E-state index in [1.807, 2.05) is 41.5 Å². The lowest BCUT2D eigenvalue weighted by Crippen LogP contribution is -1.85. The molecule has 0 saturated heterocycles. The monoisotopic (exact) mass is 198 g/mol. The van der Waals surface area contributed by atoms with Crippen molar-refractivity contribution >= 4 is 6.29 Å². The van der Waals surface area contributed by atoms with Gasteiger partial charge in [0.15, 0.2) is 0 Å². The van der Waals surface area contributed by atoms with Crippen LogP contribution in [0.3, 0.4) is 0 Å². The van der Waals surface area contributed by atoms with Crippen molar-refractivity contribution in [2.24, 2.45) is 0 Å². The molecular formula is C12H22O2. The van der Waals surface area contributed by atoms with E-state index in [1.54, 1.807) is 0 Å². The van der Waals surface area contributed by atoms with Crippen LogP contribution >= 0.6 is 0 Å². The van der Waals surface area contributed by atoms with Crippen LogP contribution in [0.2, 0.25) is 0 Å². The lowest BCUT2D eigenvalue weighted by Gasteiger charge is -1.94. The fourth-order valence-corrected chi connectivity index (χ4v) is 0.276. The number of hydrogen-bond acceptors (Lipinski definition) is 2. The van der Waals surface area contributed by atoms with Gasteiger partial charge in [0, 0.05) is 0 Å². The minimum atomic E-state index is 0.197. The summed E-state index contributed by atoms with van der Waals surface area (Å²) in [5.41, 5.74) is 4.21. The first-order valence-corrected chi connectivity index (χ1v) is 4.69. The Balaban J connectivity index is 0. The Hall–Kier alpha value is -0.890. The first-order chi connectivity index (χ1) is 6.36. The molecule has 14 heavy (non-hydrogen) atoms. The fourth-order valence-electron chi connectivity index (χ4n) is 0.276. The molecule has 0 radical (unpaired) electrons. The molecule has 0 aromatic heterocycles. The second-order valence-corrected chi connectivity index (χ2v) is 3.74. The number of rotatable bonds is 2. The molecule has 0 aliphatic heterocycles. The molecular weight excluding hydrogens is 176 g/mol. The van der Waals surface area contributed by atoms with Crippen molar-refractivity contribution in [1.29, 1.82) is 0 Å². The van der Waals surface area contributed by atoms with Gasteiger partial charge in [-0.15, -0.1) is 0 Å². The minimum absolute atomic E-state index is 0.197. The van der Waals surface area contributed by atoms with Gasteiger partial charge in [-0.2, -0.15) is 0 Å². The summed E-state index contributed by atoms with van der Waals surface area (Å²) in [6, 6.07) is 0. The molecule has 0 aromatic carbocycles. The molecule has 1 N–H and O–H groups in total. The molecule has 0 bridgehead atoms. The average Bonchev–Trinajstić information content (AvgIpc) is 2.15. The molecule has 0 rings (SSSR count). The highest BCUT2D eigenvalue weighted by Gasteiger charge is 1.84. The van der Waals surface area contributed by atoms with E-state index >= 15 is 0 Å². The molecule has 0 aromatic rings. The Morgan fingerprint density at radius 1 is 1.00 bits per heavy atom. The number of carbonyl (C=O) groups is 1. The van der Waals surface area contributed by atoms with Gasteiger partial charge in [0.2, 0.25) is 0 Å². The van der Waals surface area contributed by atoms with Gasteiger partial charge in [0.1, 0.15) is 6.29 Å². The van der Waals surface area contributed by atoms with E-state index in [-0.39, 0.29) is 6.61 Å². The van der Waals surface area contributed by atoms with Crippen molar-refractivity contribution in [2.45, 2.75) is 41.5 Å². The SMILES string of the molecule is CC(C)=C(C)C=O.CC(C)=C(C)CO. The Morgan fingerprint density at radius 2 is 1.43 bits per heavy atom. The maximum Gasteiger partial charge on any atom is 0.145 e. The summed E-state index contributed by atoms with van der Waals surface area (Å²) in [5, 5.41) is 8.45. The van der Waals surface area contributed by atoms with Crippen molar-refractivity contribution < 1.29 is 9.90 Å². The van der Waals surface area contributed by atoms with E-state index in [2.05, 4.69) is 0 Å². The van der Waals surface area contributed by atoms with Crippen LogP contribution in [-0.4, -0.2) is 18.0 Å². The van der Waals surface area contributed by atoms with Crippen molar-refractivity contribution in [3.8, 4) is 0 Å². The van der Waals surface area contributed by atoms with Crippen LogP contribution in [0.1, 0.15) is 41.5 Å². The van der Waals surface area contributed by atoms with E-state index in [0.717, 1.165) is 23.0 Å². The van der Waals surface area contributed by atoms with Crippen molar-refractivity contribution in [1.82, 2.24) is 0 Å². The molecule has 0 atom stereocenters. The Morgan fingerprint density at radius 3 is 1.43 bits per heavy atom. The van der Waals surface area contributed by atoms with Crippen molar-refractivity contribution in [3.63, 3.8) is 0 Å². The number of allylic oxidation sites excluding steroid dienone is 3. The molecule has 0 spiro atoms. The second-order valence-electron chi connectivity index (χ2n) is 3.74. The van der Waals surface area contributed by atoms with Gasteiger partial charge in [-0.1, -0.05) is 11.1 Å². The highest BCUT2D eigenvalue weighted by Crippen LogP contribution is 1.98. The van der Waals surface area contributed by atoms with E-state index in [9.17, 15) is 4.79 Å². The van der Waals surface area contributed by atoms with Crippen LogP contribution < -0.4 is 0 Å². The largest absolute Gasteiger partial charge is 0.392 e. The molecule has 0 fully saturated rings. The van der Waals surface area contributed by atoms with Gasteiger partial charge >= 0.3 is 0 Å². The van der Waals surface area contributed by atoms with Gasteiger partial charge in [-0.25, -0.2) is 0 Å². The molecule has 0 saturated carbocycles. The number of aldehydes is 1. The lowest BCUT2D eigenvalue weighted by atomic mass is 10.2. The molecule has 82 valence electrons. The summed E-state index contributed by atoms with van der Waals surface area (Å²) in [5.74, 6) is 0. The number of aliphatic hydroxyl groups is 1. The summed E-state index contributed by atoms with van der Waals surface area (Å²) in [7, 11) is 0. The smallest absolute Gasteiger partial charge is 0.145 e. The molecule has 0 unspecified atom stereocenters. The van der Waals surface area contributed by atoms with Gasteiger partial charge in [-0.05, 0) is 52.7 Å². The van der Waals surface area contributed by atoms with Crippen LogP contribution in [-0.2, 0) is 4.79 Å². The third-order valence-electron chi connectivity index (χ3n) is 2.06. The molecule has 2 heteroatoms. The summed E-state index contributed by atoms with van der Waals surface area (Å²) >= 11 is 0.